The first kappa shape index (κ1) is 21.0. The van der Waals surface area contributed by atoms with Crippen molar-refractivity contribution in [3.63, 3.8) is 0 Å². The van der Waals surface area contributed by atoms with Gasteiger partial charge in [0.05, 0.1) is 11.5 Å². The summed E-state index contributed by atoms with van der Waals surface area (Å²) in [5.41, 5.74) is 1.71. The summed E-state index contributed by atoms with van der Waals surface area (Å²) in [5, 5.41) is 23.3. The average Bonchev–Trinajstić information content (AvgIpc) is 2.66. The van der Waals surface area contributed by atoms with E-state index in [2.05, 4.69) is 5.32 Å². The lowest BCUT2D eigenvalue weighted by atomic mass is 10.2. The van der Waals surface area contributed by atoms with Crippen LogP contribution in [0.1, 0.15) is 24.5 Å². The van der Waals surface area contributed by atoms with Crippen LogP contribution in [0.5, 0.6) is 11.5 Å². The van der Waals surface area contributed by atoms with E-state index in [1.165, 1.54) is 12.1 Å². The maximum absolute atomic E-state index is 10.7. The Hall–Kier alpha value is -2.35. The van der Waals surface area contributed by atoms with Gasteiger partial charge in [0.15, 0.2) is 11.5 Å². The van der Waals surface area contributed by atoms with Gasteiger partial charge in [-0.3, -0.25) is 10.1 Å². The minimum Gasteiger partial charge on any atom is -0.490 e. The fraction of sp³-hybridized carbons (Fsp3) is 0.368. The number of nitrogens with one attached hydrogen (secondary N) is 1. The zero-order valence-corrected chi connectivity index (χ0v) is 15.9. The highest BCUT2D eigenvalue weighted by atomic mass is 35.5. The number of non-ortho nitro benzene ring substituents is 1. The molecule has 0 saturated heterocycles. The number of nitrogens with zero attached hydrogens (tertiary/aromatic N) is 1. The van der Waals surface area contributed by atoms with Gasteiger partial charge in [-0.15, -0.1) is 0 Å². The van der Waals surface area contributed by atoms with Gasteiger partial charge in [0.1, 0.15) is 6.61 Å². The van der Waals surface area contributed by atoms with Crippen LogP contribution in [0.3, 0.4) is 0 Å². The van der Waals surface area contributed by atoms with Crippen LogP contribution in [0.25, 0.3) is 0 Å². The standard InChI is InChI=1S/C19H23ClN2O5/c1-2-26-18-10-15(12-21-8-3-9-23)17(20)11-19(18)27-13-14-4-6-16(7-5-14)22(24)25/h4-7,10-11,21,23H,2-3,8-9,12-13H2,1H3. The molecule has 0 spiro atoms. The van der Waals surface area contributed by atoms with Crippen molar-refractivity contribution in [1.29, 1.82) is 0 Å². The summed E-state index contributed by atoms with van der Waals surface area (Å²) < 4.78 is 11.5. The highest BCUT2D eigenvalue weighted by molar-refractivity contribution is 6.31. The van der Waals surface area contributed by atoms with Crippen molar-refractivity contribution in [3.8, 4) is 11.5 Å². The normalized spacial score (nSPS) is 10.6. The third-order valence-corrected chi connectivity index (χ3v) is 4.13. The molecule has 0 fully saturated rings. The highest BCUT2D eigenvalue weighted by Gasteiger charge is 2.12. The lowest BCUT2D eigenvalue weighted by molar-refractivity contribution is -0.384. The van der Waals surface area contributed by atoms with Crippen molar-refractivity contribution >= 4 is 17.3 Å². The molecule has 0 atom stereocenters. The van der Waals surface area contributed by atoms with Gasteiger partial charge in [0.25, 0.3) is 5.69 Å². The molecular formula is C19H23ClN2O5. The summed E-state index contributed by atoms with van der Waals surface area (Å²) >= 11 is 6.35. The van der Waals surface area contributed by atoms with Gasteiger partial charge in [-0.1, -0.05) is 11.6 Å². The zero-order valence-electron chi connectivity index (χ0n) is 15.1. The van der Waals surface area contributed by atoms with Gasteiger partial charge in [-0.25, -0.2) is 0 Å². The van der Waals surface area contributed by atoms with Crippen LogP contribution < -0.4 is 14.8 Å². The van der Waals surface area contributed by atoms with Crippen LogP contribution in [0.15, 0.2) is 36.4 Å². The molecule has 2 aromatic rings. The quantitative estimate of drug-likeness (QED) is 0.343. The van der Waals surface area contributed by atoms with E-state index >= 15 is 0 Å². The van der Waals surface area contributed by atoms with Crippen molar-refractivity contribution in [2.24, 2.45) is 0 Å². The SMILES string of the molecule is CCOc1cc(CNCCCO)c(Cl)cc1OCc1ccc([N+](=O)[O-])cc1. The smallest absolute Gasteiger partial charge is 0.269 e. The van der Waals surface area contributed by atoms with E-state index in [1.807, 2.05) is 13.0 Å². The van der Waals surface area contributed by atoms with E-state index in [0.29, 0.717) is 42.6 Å². The average molecular weight is 395 g/mol. The fourth-order valence-corrected chi connectivity index (χ4v) is 2.62. The van der Waals surface area contributed by atoms with E-state index in [9.17, 15) is 10.1 Å². The Morgan fingerprint density at radius 3 is 2.52 bits per heavy atom. The molecule has 0 heterocycles. The molecule has 27 heavy (non-hydrogen) atoms. The number of rotatable bonds is 11. The zero-order chi connectivity index (χ0) is 19.6. The van der Waals surface area contributed by atoms with Crippen LogP contribution in [-0.4, -0.2) is 29.8 Å². The number of ether oxygens (including phenoxy) is 2. The number of benzene rings is 2. The molecule has 8 heteroatoms. The first-order chi connectivity index (χ1) is 13.0. The molecule has 2 rings (SSSR count). The fourth-order valence-electron chi connectivity index (χ4n) is 2.40. The minimum absolute atomic E-state index is 0.0369. The van der Waals surface area contributed by atoms with E-state index in [-0.39, 0.29) is 18.9 Å². The van der Waals surface area contributed by atoms with Crippen molar-refractivity contribution in [2.75, 3.05) is 19.8 Å². The second-order valence-corrected chi connectivity index (χ2v) is 6.20. The second kappa shape index (κ2) is 10.7. The number of hydrogen-bond acceptors (Lipinski definition) is 6. The summed E-state index contributed by atoms with van der Waals surface area (Å²) in [6.45, 7) is 3.99. The Morgan fingerprint density at radius 1 is 1.19 bits per heavy atom. The van der Waals surface area contributed by atoms with Gasteiger partial charge in [0, 0.05) is 36.4 Å². The number of aliphatic hydroxyl groups excluding tert-OH is 1. The van der Waals surface area contributed by atoms with E-state index in [1.54, 1.807) is 18.2 Å². The van der Waals surface area contributed by atoms with Crippen LogP contribution in [0, 0.1) is 10.1 Å². The minimum atomic E-state index is -0.440. The Morgan fingerprint density at radius 2 is 1.89 bits per heavy atom. The number of hydrogen-bond donors (Lipinski definition) is 2. The Kier molecular flexibility index (Phi) is 8.32. The molecule has 7 nitrogen and oxygen atoms in total. The van der Waals surface area contributed by atoms with Gasteiger partial charge in [-0.2, -0.15) is 0 Å². The molecule has 0 radical (unpaired) electrons. The van der Waals surface area contributed by atoms with Crippen LogP contribution >= 0.6 is 11.6 Å². The number of aliphatic hydroxyl groups is 1. The number of halogens is 1. The largest absolute Gasteiger partial charge is 0.490 e. The van der Waals surface area contributed by atoms with Crippen molar-refractivity contribution in [1.82, 2.24) is 5.32 Å². The molecule has 0 unspecified atom stereocenters. The van der Waals surface area contributed by atoms with Gasteiger partial charge < -0.3 is 19.9 Å². The molecule has 0 aliphatic heterocycles. The lowest BCUT2D eigenvalue weighted by Crippen LogP contribution is -2.16. The maximum atomic E-state index is 10.7. The summed E-state index contributed by atoms with van der Waals surface area (Å²) in [4.78, 5) is 10.3. The van der Waals surface area contributed by atoms with Crippen molar-refractivity contribution in [2.45, 2.75) is 26.5 Å². The molecule has 0 amide bonds. The van der Waals surface area contributed by atoms with E-state index in [0.717, 1.165) is 11.1 Å². The Labute approximate surface area is 163 Å². The van der Waals surface area contributed by atoms with E-state index < -0.39 is 4.92 Å². The monoisotopic (exact) mass is 394 g/mol. The Balaban J connectivity index is 2.07. The predicted octanol–water partition coefficient (Wildman–Crippen LogP) is 3.70. The molecule has 0 aromatic heterocycles. The van der Waals surface area contributed by atoms with Crippen LogP contribution in [0.2, 0.25) is 5.02 Å². The number of nitro groups is 1. The Bertz CT molecular complexity index is 753. The molecule has 146 valence electrons. The summed E-state index contributed by atoms with van der Waals surface area (Å²) in [7, 11) is 0. The third-order valence-electron chi connectivity index (χ3n) is 3.78. The van der Waals surface area contributed by atoms with Crippen LogP contribution in [-0.2, 0) is 13.2 Å². The molecule has 0 saturated carbocycles. The lowest BCUT2D eigenvalue weighted by Gasteiger charge is -2.15. The number of nitro benzene ring substituents is 1. The third kappa shape index (κ3) is 6.39. The molecule has 0 aliphatic rings. The first-order valence-electron chi connectivity index (χ1n) is 8.68. The van der Waals surface area contributed by atoms with Gasteiger partial charge in [0.2, 0.25) is 0 Å². The molecule has 0 bridgehead atoms. The van der Waals surface area contributed by atoms with Crippen molar-refractivity contribution in [3.05, 3.63) is 62.7 Å². The molecule has 2 N–H and O–H groups in total. The summed E-state index contributed by atoms with van der Waals surface area (Å²) in [5.74, 6) is 1.10. The topological polar surface area (TPSA) is 93.9 Å². The maximum Gasteiger partial charge on any atom is 0.269 e. The second-order valence-electron chi connectivity index (χ2n) is 5.79. The highest BCUT2D eigenvalue weighted by Crippen LogP contribution is 2.34. The van der Waals surface area contributed by atoms with Crippen molar-refractivity contribution < 1.29 is 19.5 Å². The van der Waals surface area contributed by atoms with Gasteiger partial charge in [-0.05, 0) is 49.2 Å². The predicted molar refractivity (Wildman–Crippen MR) is 103 cm³/mol. The van der Waals surface area contributed by atoms with Crippen LogP contribution in [0.4, 0.5) is 5.69 Å². The molecule has 2 aromatic carbocycles. The molecule has 0 aliphatic carbocycles. The van der Waals surface area contributed by atoms with E-state index in [4.69, 9.17) is 26.2 Å². The summed E-state index contributed by atoms with van der Waals surface area (Å²) in [6, 6.07) is 9.73. The van der Waals surface area contributed by atoms with Gasteiger partial charge >= 0.3 is 0 Å². The summed E-state index contributed by atoms with van der Waals surface area (Å²) in [6.07, 6.45) is 0.673. The molecular weight excluding hydrogens is 372 g/mol. The first-order valence-corrected chi connectivity index (χ1v) is 9.05.